The van der Waals surface area contributed by atoms with Crippen LogP contribution in [0.1, 0.15) is 44.4 Å². The lowest BCUT2D eigenvalue weighted by Crippen LogP contribution is -2.69. The highest BCUT2D eigenvalue weighted by Crippen LogP contribution is 2.35. The third kappa shape index (κ3) is 12.4. The van der Waals surface area contributed by atoms with Crippen molar-refractivity contribution in [1.82, 2.24) is 5.32 Å². The van der Waals surface area contributed by atoms with Gasteiger partial charge in [-0.05, 0) is 16.7 Å². The van der Waals surface area contributed by atoms with Crippen LogP contribution >= 0.6 is 0 Å². The highest BCUT2D eigenvalue weighted by molar-refractivity contribution is 5.74. The summed E-state index contributed by atoms with van der Waals surface area (Å²) < 4.78 is 54.6. The van der Waals surface area contributed by atoms with Crippen LogP contribution in [0.15, 0.2) is 91.0 Å². The number of amides is 1. The number of carboxylic acid groups (broad SMARTS) is 1. The van der Waals surface area contributed by atoms with Crippen LogP contribution in [-0.4, -0.2) is 103 Å². The van der Waals surface area contributed by atoms with Gasteiger partial charge in [0.1, 0.15) is 37.1 Å². The molecule has 2 N–H and O–H groups in total. The van der Waals surface area contributed by atoms with Crippen LogP contribution in [0.2, 0.25) is 0 Å². The van der Waals surface area contributed by atoms with E-state index in [0.29, 0.717) is 0 Å². The fraction of sp³-hybridized carbons (Fsp3) is 0.439. The first kappa shape index (κ1) is 42.9. The number of ether oxygens (including phenoxy) is 9. The summed E-state index contributed by atoms with van der Waals surface area (Å²) in [6.45, 7) is 4.07. The van der Waals surface area contributed by atoms with Gasteiger partial charge in [-0.2, -0.15) is 0 Å². The summed E-state index contributed by atoms with van der Waals surface area (Å²) in [4.78, 5) is 62.6. The summed E-state index contributed by atoms with van der Waals surface area (Å²) in [5.74, 6) is -4.40. The molecule has 16 heteroatoms. The van der Waals surface area contributed by atoms with Gasteiger partial charge in [-0.25, -0.2) is 4.79 Å². The summed E-state index contributed by atoms with van der Waals surface area (Å²) in [7, 11) is 0. The number of hydrogen-bond acceptors (Lipinski definition) is 14. The fourth-order valence-corrected chi connectivity index (χ4v) is 6.51. The minimum absolute atomic E-state index is 0.0236. The third-order valence-corrected chi connectivity index (χ3v) is 8.93. The average Bonchev–Trinajstić information content (AvgIpc) is 3.18. The molecule has 2 aliphatic rings. The molecule has 5 rings (SSSR count). The molecule has 2 fully saturated rings. The molecular formula is C41H47NO15. The van der Waals surface area contributed by atoms with Crippen molar-refractivity contribution in [3.63, 3.8) is 0 Å². The molecule has 2 saturated heterocycles. The van der Waals surface area contributed by atoms with Crippen molar-refractivity contribution in [3.8, 4) is 0 Å². The molecule has 2 aliphatic heterocycles. The molecule has 57 heavy (non-hydrogen) atoms. The van der Waals surface area contributed by atoms with Gasteiger partial charge in [0.05, 0.1) is 19.8 Å². The van der Waals surface area contributed by atoms with Gasteiger partial charge in [0.2, 0.25) is 5.91 Å². The summed E-state index contributed by atoms with van der Waals surface area (Å²) in [6.07, 6.45) is -13.0. The standard InChI is InChI=1S/C41H47NO15/c1-24(43)42-32-34(54-27(4)46)33(53-26(3)45)31(23-49-25(2)44)55-40(32)56-36-35(50-20-28-14-8-5-9-15-28)38(51-21-29-16-10-6-11-17-29)41(57-37(36)39(47)48)52-22-30-18-12-7-13-19-30/h5-19,31-38,40-41H,20-23H2,1-4H3,(H,42,43)(H,47,48)/t31-,32-,33+,34-,35+,36+,37+,38-,40+,41+/m1/s1. The Hall–Kier alpha value is -5.23. The zero-order valence-electron chi connectivity index (χ0n) is 31.9. The molecule has 306 valence electrons. The van der Waals surface area contributed by atoms with Crippen molar-refractivity contribution in [2.24, 2.45) is 0 Å². The van der Waals surface area contributed by atoms with E-state index in [1.165, 1.54) is 6.92 Å². The Morgan fingerprint density at radius 1 is 0.579 bits per heavy atom. The van der Waals surface area contributed by atoms with Gasteiger partial charge >= 0.3 is 23.9 Å². The summed E-state index contributed by atoms with van der Waals surface area (Å²) in [6, 6.07) is 26.1. The molecule has 3 aromatic rings. The number of carbonyl (C=O) groups is 5. The Labute approximate surface area is 329 Å². The topological polar surface area (TPSA) is 201 Å². The van der Waals surface area contributed by atoms with E-state index in [2.05, 4.69) is 5.32 Å². The van der Waals surface area contributed by atoms with Gasteiger partial charge in [0.25, 0.3) is 0 Å². The van der Waals surface area contributed by atoms with Gasteiger partial charge < -0.3 is 53.1 Å². The summed E-state index contributed by atoms with van der Waals surface area (Å²) >= 11 is 0. The van der Waals surface area contributed by atoms with E-state index in [-0.39, 0.29) is 19.8 Å². The van der Waals surface area contributed by atoms with E-state index in [0.717, 1.165) is 37.5 Å². The van der Waals surface area contributed by atoms with E-state index < -0.39 is 97.7 Å². The Morgan fingerprint density at radius 3 is 1.54 bits per heavy atom. The minimum atomic E-state index is -1.80. The molecule has 3 aromatic carbocycles. The Bertz CT molecular complexity index is 1780. The summed E-state index contributed by atoms with van der Waals surface area (Å²) in [5, 5.41) is 13.3. The smallest absolute Gasteiger partial charge is 0.335 e. The average molecular weight is 794 g/mol. The van der Waals surface area contributed by atoms with Gasteiger partial charge in [0.15, 0.2) is 30.9 Å². The number of carbonyl (C=O) groups excluding carboxylic acids is 4. The van der Waals surface area contributed by atoms with E-state index >= 15 is 0 Å². The molecule has 0 unspecified atom stereocenters. The maximum atomic E-state index is 13.2. The predicted octanol–water partition coefficient (Wildman–Crippen LogP) is 3.22. The minimum Gasteiger partial charge on any atom is -0.479 e. The van der Waals surface area contributed by atoms with Gasteiger partial charge in [-0.3, -0.25) is 19.2 Å². The number of esters is 3. The second-order valence-electron chi connectivity index (χ2n) is 13.4. The molecule has 0 aromatic heterocycles. The second kappa shape index (κ2) is 20.8. The molecule has 10 atom stereocenters. The maximum absolute atomic E-state index is 13.2. The number of hydrogen-bond donors (Lipinski definition) is 2. The largest absolute Gasteiger partial charge is 0.479 e. The Kier molecular flexibility index (Phi) is 15.7. The molecule has 1 amide bonds. The molecule has 0 aliphatic carbocycles. The normalized spacial score (nSPS) is 27.1. The number of benzene rings is 3. The van der Waals surface area contributed by atoms with Gasteiger partial charge in [-0.15, -0.1) is 0 Å². The van der Waals surface area contributed by atoms with Crippen molar-refractivity contribution >= 4 is 29.8 Å². The quantitative estimate of drug-likeness (QED) is 0.149. The molecule has 0 saturated carbocycles. The number of nitrogens with one attached hydrogen (secondary N) is 1. The number of carboxylic acids is 1. The highest BCUT2D eigenvalue weighted by Gasteiger charge is 2.57. The highest BCUT2D eigenvalue weighted by atomic mass is 16.8. The molecule has 0 bridgehead atoms. The van der Waals surface area contributed by atoms with Gasteiger partial charge in [-0.1, -0.05) is 91.0 Å². The predicted molar refractivity (Wildman–Crippen MR) is 196 cm³/mol. The van der Waals surface area contributed by atoms with Gasteiger partial charge in [0, 0.05) is 27.7 Å². The summed E-state index contributed by atoms with van der Waals surface area (Å²) in [5.41, 5.74) is 2.31. The lowest BCUT2D eigenvalue weighted by Gasteiger charge is -2.49. The zero-order valence-corrected chi connectivity index (χ0v) is 31.9. The lowest BCUT2D eigenvalue weighted by molar-refractivity contribution is -0.353. The Balaban J connectivity index is 1.58. The van der Waals surface area contributed by atoms with Crippen LogP contribution in [0.3, 0.4) is 0 Å². The lowest BCUT2D eigenvalue weighted by atomic mass is 9.94. The molecule has 0 radical (unpaired) electrons. The van der Waals surface area contributed by atoms with E-state index in [9.17, 15) is 29.1 Å². The van der Waals surface area contributed by atoms with E-state index in [4.69, 9.17) is 42.6 Å². The zero-order chi connectivity index (χ0) is 40.9. The van der Waals surface area contributed by atoms with Crippen LogP contribution in [0.4, 0.5) is 0 Å². The van der Waals surface area contributed by atoms with Crippen molar-refractivity contribution in [2.45, 2.75) is 109 Å². The molecule has 16 nitrogen and oxygen atoms in total. The van der Waals surface area contributed by atoms with Crippen LogP contribution in [0.5, 0.6) is 0 Å². The van der Waals surface area contributed by atoms with Crippen LogP contribution in [0, 0.1) is 0 Å². The first-order chi connectivity index (χ1) is 27.4. The SMILES string of the molecule is CC(=O)N[C@H]1[C@H](O[C@H]2[C@H](OCc3ccccc3)[C@@H](OCc3ccccc3)[C@@H](OCc3ccccc3)O[C@@H]2C(=O)O)O[C@H](COC(C)=O)[C@H](OC(C)=O)[C@@H]1OC(C)=O. The van der Waals surface area contributed by atoms with Crippen LogP contribution in [-0.2, 0) is 86.4 Å². The molecular weight excluding hydrogens is 746 g/mol. The maximum Gasteiger partial charge on any atom is 0.335 e. The fourth-order valence-electron chi connectivity index (χ4n) is 6.51. The first-order valence-electron chi connectivity index (χ1n) is 18.3. The van der Waals surface area contributed by atoms with Crippen molar-refractivity contribution < 1.29 is 71.7 Å². The Morgan fingerprint density at radius 2 is 1.07 bits per heavy atom. The van der Waals surface area contributed by atoms with Crippen LogP contribution < -0.4 is 5.32 Å². The van der Waals surface area contributed by atoms with E-state index in [1.54, 1.807) is 0 Å². The third-order valence-electron chi connectivity index (χ3n) is 8.93. The van der Waals surface area contributed by atoms with Crippen LogP contribution in [0.25, 0.3) is 0 Å². The monoisotopic (exact) mass is 793 g/mol. The first-order valence-corrected chi connectivity index (χ1v) is 18.3. The number of aliphatic carboxylic acids is 1. The van der Waals surface area contributed by atoms with Crippen molar-refractivity contribution in [3.05, 3.63) is 108 Å². The van der Waals surface area contributed by atoms with E-state index in [1.807, 2.05) is 91.0 Å². The van der Waals surface area contributed by atoms with Crippen molar-refractivity contribution in [2.75, 3.05) is 6.61 Å². The number of rotatable bonds is 17. The molecule has 0 spiro atoms. The molecule has 2 heterocycles. The second-order valence-corrected chi connectivity index (χ2v) is 13.4. The van der Waals surface area contributed by atoms with Crippen molar-refractivity contribution in [1.29, 1.82) is 0 Å².